The fourth-order valence-corrected chi connectivity index (χ4v) is 4.23. The number of nitrogens with zero attached hydrogens (tertiary/aromatic N) is 5. The number of ether oxygens (including phenoxy) is 2. The third-order valence-corrected chi connectivity index (χ3v) is 5.86. The Morgan fingerprint density at radius 3 is 2.74 bits per heavy atom. The van der Waals surface area contributed by atoms with E-state index >= 15 is 0 Å². The Kier molecular flexibility index (Phi) is 5.84. The number of hydrogen-bond acceptors (Lipinski definition) is 7. The van der Waals surface area contributed by atoms with Crippen molar-refractivity contribution < 1.29 is 18.3 Å². The van der Waals surface area contributed by atoms with Crippen LogP contribution >= 0.6 is 0 Å². The first-order chi connectivity index (χ1) is 15.3. The Hall–Kier alpha value is -2.94. The quantitative estimate of drug-likeness (QED) is 0.594. The van der Waals surface area contributed by atoms with Gasteiger partial charge in [-0.2, -0.15) is 0 Å². The lowest BCUT2D eigenvalue weighted by Crippen LogP contribution is -2.40. The van der Waals surface area contributed by atoms with Gasteiger partial charge < -0.3 is 18.8 Å². The number of hydrogen-bond donors (Lipinski definition) is 0. The summed E-state index contributed by atoms with van der Waals surface area (Å²) in [5.41, 5.74) is 0. The van der Waals surface area contributed by atoms with E-state index in [1.54, 1.807) is 18.5 Å². The first-order valence-corrected chi connectivity index (χ1v) is 10.9. The van der Waals surface area contributed by atoms with E-state index in [1.807, 2.05) is 12.1 Å². The zero-order valence-electron chi connectivity index (χ0n) is 17.3. The van der Waals surface area contributed by atoms with Gasteiger partial charge in [0.15, 0.2) is 11.6 Å². The first kappa shape index (κ1) is 20.0. The number of pyridine rings is 1. The summed E-state index contributed by atoms with van der Waals surface area (Å²) in [5, 5.41) is 8.92. The molecule has 3 aromatic rings. The van der Waals surface area contributed by atoms with Gasteiger partial charge in [-0.25, -0.2) is 9.37 Å². The Labute approximate surface area is 180 Å². The summed E-state index contributed by atoms with van der Waals surface area (Å²) in [4.78, 5) is 6.20. The molecule has 0 radical (unpaired) electrons. The number of halogens is 1. The highest BCUT2D eigenvalue weighted by Gasteiger charge is 2.28. The maximum absolute atomic E-state index is 13.9. The number of anilines is 1. The van der Waals surface area contributed by atoms with Crippen LogP contribution in [0.25, 0.3) is 11.6 Å². The maximum atomic E-state index is 13.9. The maximum Gasteiger partial charge on any atom is 0.250 e. The van der Waals surface area contributed by atoms with E-state index in [-0.39, 0.29) is 18.1 Å². The molecule has 1 atom stereocenters. The molecule has 2 saturated heterocycles. The SMILES string of the molecule is Fc1cccnc1OC1CCN(c2nnc(-c3ccco3)n2C[C@H]2CCCCO2)CC1. The van der Waals surface area contributed by atoms with Crippen LogP contribution in [0, 0.1) is 5.82 Å². The third kappa shape index (κ3) is 4.41. The Bertz CT molecular complexity index is 979. The van der Waals surface area contributed by atoms with Gasteiger partial charge >= 0.3 is 0 Å². The van der Waals surface area contributed by atoms with Gasteiger partial charge in [-0.15, -0.1) is 10.2 Å². The molecule has 5 rings (SSSR count). The summed E-state index contributed by atoms with van der Waals surface area (Å²) < 4.78 is 33.3. The second-order valence-corrected chi connectivity index (χ2v) is 7.99. The van der Waals surface area contributed by atoms with Crippen molar-refractivity contribution in [2.24, 2.45) is 0 Å². The molecule has 0 bridgehead atoms. The van der Waals surface area contributed by atoms with E-state index in [9.17, 15) is 4.39 Å². The smallest absolute Gasteiger partial charge is 0.250 e. The van der Waals surface area contributed by atoms with E-state index in [2.05, 4.69) is 24.6 Å². The van der Waals surface area contributed by atoms with Crippen LogP contribution < -0.4 is 9.64 Å². The van der Waals surface area contributed by atoms with Gasteiger partial charge in [0.05, 0.1) is 18.9 Å². The second-order valence-electron chi connectivity index (χ2n) is 7.99. The number of furan rings is 1. The minimum Gasteiger partial charge on any atom is -0.472 e. The molecule has 3 aromatic heterocycles. The minimum absolute atomic E-state index is 0.0682. The summed E-state index contributed by atoms with van der Waals surface area (Å²) in [6.07, 6.45) is 8.06. The Morgan fingerprint density at radius 1 is 1.10 bits per heavy atom. The van der Waals surface area contributed by atoms with Crippen molar-refractivity contribution in [1.29, 1.82) is 0 Å². The molecule has 0 saturated carbocycles. The monoisotopic (exact) mass is 427 g/mol. The zero-order valence-corrected chi connectivity index (χ0v) is 17.3. The van der Waals surface area contributed by atoms with Gasteiger partial charge in [0.25, 0.3) is 5.88 Å². The molecule has 5 heterocycles. The van der Waals surface area contributed by atoms with Crippen molar-refractivity contribution in [3.05, 3.63) is 42.5 Å². The van der Waals surface area contributed by atoms with E-state index in [0.29, 0.717) is 18.1 Å². The minimum atomic E-state index is -0.430. The highest BCUT2D eigenvalue weighted by molar-refractivity contribution is 5.51. The molecule has 0 aromatic carbocycles. The molecule has 0 unspecified atom stereocenters. The van der Waals surface area contributed by atoms with Gasteiger partial charge in [0.2, 0.25) is 11.8 Å². The molecular weight excluding hydrogens is 401 g/mol. The van der Waals surface area contributed by atoms with Gasteiger partial charge in [-0.05, 0) is 43.5 Å². The van der Waals surface area contributed by atoms with Crippen LogP contribution in [0.15, 0.2) is 41.1 Å². The molecule has 9 heteroatoms. The average Bonchev–Trinajstić information content (AvgIpc) is 3.47. The van der Waals surface area contributed by atoms with Crippen molar-refractivity contribution >= 4 is 5.95 Å². The fraction of sp³-hybridized carbons (Fsp3) is 0.500. The fourth-order valence-electron chi connectivity index (χ4n) is 4.23. The second kappa shape index (κ2) is 9.05. The number of piperidine rings is 1. The third-order valence-electron chi connectivity index (χ3n) is 5.86. The van der Waals surface area contributed by atoms with Crippen molar-refractivity contribution in [2.45, 2.75) is 50.9 Å². The average molecular weight is 427 g/mol. The van der Waals surface area contributed by atoms with Crippen LogP contribution in [0.1, 0.15) is 32.1 Å². The van der Waals surface area contributed by atoms with Crippen LogP contribution in [-0.2, 0) is 11.3 Å². The highest BCUT2D eigenvalue weighted by Crippen LogP contribution is 2.28. The summed E-state index contributed by atoms with van der Waals surface area (Å²) >= 11 is 0. The Morgan fingerprint density at radius 2 is 2.00 bits per heavy atom. The van der Waals surface area contributed by atoms with Gasteiger partial charge in [-0.3, -0.25) is 4.57 Å². The van der Waals surface area contributed by atoms with E-state index < -0.39 is 5.82 Å². The van der Waals surface area contributed by atoms with E-state index in [4.69, 9.17) is 13.9 Å². The Balaban J connectivity index is 1.31. The molecule has 8 nitrogen and oxygen atoms in total. The first-order valence-electron chi connectivity index (χ1n) is 10.9. The summed E-state index contributed by atoms with van der Waals surface area (Å²) in [6, 6.07) is 6.67. The van der Waals surface area contributed by atoms with E-state index in [0.717, 1.165) is 51.3 Å². The van der Waals surface area contributed by atoms with E-state index in [1.165, 1.54) is 12.5 Å². The molecule has 2 aliphatic rings. The van der Waals surface area contributed by atoms with Crippen LogP contribution in [0.5, 0.6) is 5.88 Å². The predicted molar refractivity (Wildman–Crippen MR) is 111 cm³/mol. The van der Waals surface area contributed by atoms with Gasteiger partial charge in [-0.1, -0.05) is 0 Å². The molecule has 0 spiro atoms. The lowest BCUT2D eigenvalue weighted by molar-refractivity contribution is 0.00629. The summed E-state index contributed by atoms with van der Waals surface area (Å²) in [6.45, 7) is 2.96. The van der Waals surface area contributed by atoms with Gasteiger partial charge in [0.1, 0.15) is 6.10 Å². The number of aromatic nitrogens is 4. The van der Waals surface area contributed by atoms with Crippen molar-refractivity contribution in [2.75, 3.05) is 24.6 Å². The molecular formula is C22H26FN5O3. The summed E-state index contributed by atoms with van der Waals surface area (Å²) in [5.74, 6) is 1.85. The molecule has 0 amide bonds. The van der Waals surface area contributed by atoms with Crippen molar-refractivity contribution in [1.82, 2.24) is 19.7 Å². The molecule has 2 fully saturated rings. The van der Waals surface area contributed by atoms with Crippen LogP contribution in [0.4, 0.5) is 10.3 Å². The standard InChI is InChI=1S/C22H26FN5O3/c23-18-6-3-10-24-21(18)31-16-8-11-27(12-9-16)22-26-25-20(19-7-4-14-30-19)28(22)15-17-5-1-2-13-29-17/h3-4,6-7,10,14,16-17H,1-2,5,8-9,11-13,15H2/t17-/m1/s1. The number of rotatable bonds is 6. The van der Waals surface area contributed by atoms with Crippen molar-refractivity contribution in [3.8, 4) is 17.5 Å². The molecule has 164 valence electrons. The molecule has 31 heavy (non-hydrogen) atoms. The zero-order chi connectivity index (χ0) is 21.0. The normalized spacial score (nSPS) is 20.2. The highest BCUT2D eigenvalue weighted by atomic mass is 19.1. The molecule has 2 aliphatic heterocycles. The topological polar surface area (TPSA) is 78.4 Å². The summed E-state index contributed by atoms with van der Waals surface area (Å²) in [7, 11) is 0. The van der Waals surface area contributed by atoms with Gasteiger partial charge in [0, 0.05) is 38.7 Å². The molecule has 0 N–H and O–H groups in total. The largest absolute Gasteiger partial charge is 0.472 e. The van der Waals surface area contributed by atoms with Crippen LogP contribution in [0.3, 0.4) is 0 Å². The van der Waals surface area contributed by atoms with Crippen LogP contribution in [-0.4, -0.2) is 51.7 Å². The van der Waals surface area contributed by atoms with Crippen LogP contribution in [0.2, 0.25) is 0 Å². The predicted octanol–water partition coefficient (Wildman–Crippen LogP) is 3.69. The molecule has 0 aliphatic carbocycles. The van der Waals surface area contributed by atoms with Crippen molar-refractivity contribution in [3.63, 3.8) is 0 Å². The lowest BCUT2D eigenvalue weighted by Gasteiger charge is -2.33. The lowest BCUT2D eigenvalue weighted by atomic mass is 10.1.